The van der Waals surface area contributed by atoms with Gasteiger partial charge in [-0.25, -0.2) is 0 Å². The molecule has 0 aliphatic heterocycles. The average molecular weight is 285 g/mol. The van der Waals surface area contributed by atoms with Crippen LogP contribution < -0.4 is 5.73 Å². The van der Waals surface area contributed by atoms with E-state index >= 15 is 0 Å². The van der Waals surface area contributed by atoms with Crippen LogP contribution in [0.4, 0.5) is 18.9 Å². The number of alkyl halides is 3. The minimum Gasteiger partial charge on any atom is -0.398 e. The third-order valence-electron chi connectivity index (χ3n) is 2.71. The number of nitrogens with zero attached hydrogens (tertiary/aromatic N) is 2. The van der Waals surface area contributed by atoms with Crippen LogP contribution in [0.25, 0.3) is 11.5 Å². The highest BCUT2D eigenvalue weighted by Gasteiger charge is 2.31. The van der Waals surface area contributed by atoms with Crippen LogP contribution in [0.15, 0.2) is 22.7 Å². The normalized spacial score (nSPS) is 12.7. The van der Waals surface area contributed by atoms with Gasteiger partial charge in [0.1, 0.15) is 0 Å². The van der Waals surface area contributed by atoms with Crippen molar-refractivity contribution in [3.05, 3.63) is 29.6 Å². The van der Waals surface area contributed by atoms with Crippen LogP contribution in [0.3, 0.4) is 0 Å². The maximum Gasteiger partial charge on any atom is 0.416 e. The molecule has 0 unspecified atom stereocenters. The summed E-state index contributed by atoms with van der Waals surface area (Å²) in [5, 5.41) is 3.81. The maximum atomic E-state index is 12.6. The average Bonchev–Trinajstić information content (AvgIpc) is 2.76. The van der Waals surface area contributed by atoms with Gasteiger partial charge in [0.15, 0.2) is 5.82 Å². The second kappa shape index (κ2) is 4.50. The van der Waals surface area contributed by atoms with Gasteiger partial charge in [-0.1, -0.05) is 25.9 Å². The van der Waals surface area contributed by atoms with Crippen molar-refractivity contribution in [3.63, 3.8) is 0 Å². The second-order valence-electron chi connectivity index (χ2n) is 5.47. The van der Waals surface area contributed by atoms with Crippen LogP contribution in [0, 0.1) is 0 Å². The van der Waals surface area contributed by atoms with Gasteiger partial charge < -0.3 is 10.3 Å². The quantitative estimate of drug-likeness (QED) is 0.812. The molecule has 0 atom stereocenters. The Balaban J connectivity index is 2.42. The number of nitrogens with two attached hydrogens (primary N) is 1. The topological polar surface area (TPSA) is 64.9 Å². The van der Waals surface area contributed by atoms with E-state index in [4.69, 9.17) is 10.3 Å². The van der Waals surface area contributed by atoms with Crippen LogP contribution in [-0.4, -0.2) is 10.1 Å². The van der Waals surface area contributed by atoms with Crippen molar-refractivity contribution < 1.29 is 17.7 Å². The molecule has 0 amide bonds. The van der Waals surface area contributed by atoms with Gasteiger partial charge in [0.2, 0.25) is 0 Å². The summed E-state index contributed by atoms with van der Waals surface area (Å²) in [5.74, 6) is 0.577. The summed E-state index contributed by atoms with van der Waals surface area (Å²) < 4.78 is 42.7. The Labute approximate surface area is 113 Å². The largest absolute Gasteiger partial charge is 0.416 e. The van der Waals surface area contributed by atoms with E-state index in [0.717, 1.165) is 12.1 Å². The van der Waals surface area contributed by atoms with E-state index in [2.05, 4.69) is 10.1 Å². The van der Waals surface area contributed by atoms with E-state index in [9.17, 15) is 13.2 Å². The molecule has 2 rings (SSSR count). The van der Waals surface area contributed by atoms with E-state index in [1.165, 1.54) is 6.07 Å². The summed E-state index contributed by atoms with van der Waals surface area (Å²) in [6, 6.07) is 3.03. The standard InChI is InChI=1S/C13H14F3N3O/c1-12(2,3)11-18-10(20-19-11)8-5-4-7(6-9(8)17)13(14,15)16/h4-6H,17H2,1-3H3. The first-order valence-corrected chi connectivity index (χ1v) is 5.90. The molecule has 2 N–H and O–H groups in total. The fourth-order valence-electron chi connectivity index (χ4n) is 1.57. The molecule has 0 aliphatic rings. The fourth-order valence-corrected chi connectivity index (χ4v) is 1.57. The molecule has 0 radical (unpaired) electrons. The molecule has 1 heterocycles. The zero-order chi connectivity index (χ0) is 15.1. The zero-order valence-electron chi connectivity index (χ0n) is 11.2. The third kappa shape index (κ3) is 2.76. The second-order valence-corrected chi connectivity index (χ2v) is 5.47. The molecule has 0 saturated heterocycles. The van der Waals surface area contributed by atoms with Gasteiger partial charge in [-0.15, -0.1) is 0 Å². The molecule has 0 fully saturated rings. The van der Waals surface area contributed by atoms with Crippen LogP contribution >= 0.6 is 0 Å². The Kier molecular flexibility index (Phi) is 3.23. The van der Waals surface area contributed by atoms with Crippen molar-refractivity contribution in [1.29, 1.82) is 0 Å². The van der Waals surface area contributed by atoms with E-state index < -0.39 is 11.7 Å². The molecule has 1 aromatic carbocycles. The third-order valence-corrected chi connectivity index (χ3v) is 2.71. The maximum absolute atomic E-state index is 12.6. The Bertz CT molecular complexity index is 627. The van der Waals surface area contributed by atoms with E-state index in [1.54, 1.807) is 0 Å². The van der Waals surface area contributed by atoms with Gasteiger partial charge in [-0.2, -0.15) is 18.2 Å². The summed E-state index contributed by atoms with van der Waals surface area (Å²) in [7, 11) is 0. The lowest BCUT2D eigenvalue weighted by Crippen LogP contribution is -2.13. The van der Waals surface area contributed by atoms with Crippen molar-refractivity contribution >= 4 is 5.69 Å². The van der Waals surface area contributed by atoms with Gasteiger partial charge in [-0.05, 0) is 18.2 Å². The van der Waals surface area contributed by atoms with Crippen molar-refractivity contribution in [2.45, 2.75) is 32.4 Å². The lowest BCUT2D eigenvalue weighted by atomic mass is 9.96. The molecule has 7 heteroatoms. The Morgan fingerprint density at radius 3 is 2.25 bits per heavy atom. The zero-order valence-corrected chi connectivity index (χ0v) is 11.2. The number of hydrogen-bond donors (Lipinski definition) is 1. The summed E-state index contributed by atoms with van der Waals surface area (Å²) in [4.78, 5) is 4.17. The van der Waals surface area contributed by atoms with Gasteiger partial charge >= 0.3 is 6.18 Å². The minimum absolute atomic E-state index is 0.0519. The van der Waals surface area contributed by atoms with E-state index in [1.807, 2.05) is 20.8 Å². The molecule has 1 aromatic heterocycles. The molecular formula is C13H14F3N3O. The Hall–Kier alpha value is -2.05. The molecule has 4 nitrogen and oxygen atoms in total. The van der Waals surface area contributed by atoms with Crippen LogP contribution in [-0.2, 0) is 11.6 Å². The van der Waals surface area contributed by atoms with Crippen molar-refractivity contribution in [2.24, 2.45) is 0 Å². The number of anilines is 1. The Morgan fingerprint density at radius 2 is 1.80 bits per heavy atom. The summed E-state index contributed by atoms with van der Waals surface area (Å²) >= 11 is 0. The molecule has 108 valence electrons. The first-order chi connectivity index (χ1) is 9.09. The smallest absolute Gasteiger partial charge is 0.398 e. The van der Waals surface area contributed by atoms with Gasteiger partial charge in [0.25, 0.3) is 5.89 Å². The summed E-state index contributed by atoms with van der Waals surface area (Å²) in [5.41, 5.74) is 4.75. The number of rotatable bonds is 1. The first-order valence-electron chi connectivity index (χ1n) is 5.90. The van der Waals surface area contributed by atoms with Gasteiger partial charge in [0.05, 0.1) is 11.1 Å². The lowest BCUT2D eigenvalue weighted by Gasteiger charge is -2.11. The fraction of sp³-hybridized carbons (Fsp3) is 0.385. The Morgan fingerprint density at radius 1 is 1.15 bits per heavy atom. The molecule has 20 heavy (non-hydrogen) atoms. The van der Waals surface area contributed by atoms with Crippen LogP contribution in [0.2, 0.25) is 0 Å². The van der Waals surface area contributed by atoms with Crippen LogP contribution in [0.5, 0.6) is 0 Å². The van der Waals surface area contributed by atoms with Gasteiger partial charge in [0, 0.05) is 11.1 Å². The van der Waals surface area contributed by atoms with Crippen molar-refractivity contribution in [2.75, 3.05) is 5.73 Å². The van der Waals surface area contributed by atoms with Crippen molar-refractivity contribution in [3.8, 4) is 11.5 Å². The SMILES string of the molecule is CC(C)(C)c1noc(-c2ccc(C(F)(F)F)cc2N)n1. The van der Waals surface area contributed by atoms with E-state index in [-0.39, 0.29) is 17.0 Å². The molecule has 0 spiro atoms. The molecule has 2 aromatic rings. The van der Waals surface area contributed by atoms with E-state index in [0.29, 0.717) is 11.4 Å². The van der Waals surface area contributed by atoms with Crippen molar-refractivity contribution in [1.82, 2.24) is 10.1 Å². The number of aromatic nitrogens is 2. The number of hydrogen-bond acceptors (Lipinski definition) is 4. The predicted octanol–water partition coefficient (Wildman–Crippen LogP) is 3.64. The molecule has 0 aliphatic carbocycles. The number of halogens is 3. The monoisotopic (exact) mass is 285 g/mol. The highest BCUT2D eigenvalue weighted by atomic mass is 19.4. The van der Waals surface area contributed by atoms with Gasteiger partial charge in [-0.3, -0.25) is 0 Å². The molecule has 0 bridgehead atoms. The lowest BCUT2D eigenvalue weighted by molar-refractivity contribution is -0.137. The molecular weight excluding hydrogens is 271 g/mol. The number of benzene rings is 1. The highest BCUT2D eigenvalue weighted by Crippen LogP contribution is 2.34. The van der Waals surface area contributed by atoms with Crippen LogP contribution in [0.1, 0.15) is 32.2 Å². The number of nitrogen functional groups attached to an aromatic ring is 1. The predicted molar refractivity (Wildman–Crippen MR) is 67.8 cm³/mol. The molecule has 0 saturated carbocycles. The minimum atomic E-state index is -4.43. The summed E-state index contributed by atoms with van der Waals surface area (Å²) in [6.07, 6.45) is -4.43. The highest BCUT2D eigenvalue weighted by molar-refractivity contribution is 5.71. The summed E-state index contributed by atoms with van der Waals surface area (Å²) in [6.45, 7) is 5.70. The first kappa shape index (κ1) is 14.4.